The lowest BCUT2D eigenvalue weighted by atomic mass is 10.0. The van der Waals surface area contributed by atoms with Crippen molar-refractivity contribution in [3.8, 4) is 0 Å². The van der Waals surface area contributed by atoms with Crippen LogP contribution in [-0.4, -0.2) is 176 Å². The average Bonchev–Trinajstić information content (AvgIpc) is 1.48. The summed E-state index contributed by atoms with van der Waals surface area (Å²) in [6.07, 6.45) is -3.41. The quantitative estimate of drug-likeness (QED) is 0.0362. The Morgan fingerprint density at radius 3 is 1.04 bits per heavy atom. The number of unbranched alkanes of at least 4 members (excludes halogenated alkanes) is 3. The number of aryl methyl sites for hydroxylation is 1. The Morgan fingerprint density at radius 2 is 0.703 bits per heavy atom. The summed E-state index contributed by atoms with van der Waals surface area (Å²) < 4.78 is 0. The largest absolute Gasteiger partial charge is 0.481 e. The number of carboxylic acids is 4. The van der Waals surface area contributed by atoms with Gasteiger partial charge >= 0.3 is 23.9 Å². The minimum Gasteiger partial charge on any atom is -0.481 e. The Morgan fingerprint density at radius 1 is 0.374 bits per heavy atom. The molecule has 0 spiro atoms. The molecule has 510 valence electrons. The van der Waals surface area contributed by atoms with Crippen molar-refractivity contribution >= 4 is 88.9 Å². The summed E-state index contributed by atoms with van der Waals surface area (Å²) in [5.41, 5.74) is 12.0. The predicted molar refractivity (Wildman–Crippen MR) is 328 cm³/mol. The van der Waals surface area contributed by atoms with Crippen LogP contribution < -0.4 is 64.6 Å². The Labute approximate surface area is 529 Å². The SMILES string of the molecule is CCCC[C@H](NC(=O)CCC(=O)O)C(=O)N[C@H](CCc1ccccc1)C(=O)N[C@@H](CCCCN)C(=O)N[C@@H](CCC(N)=O)C(=O)N[C@@H](CCCC)C(=O)N[C@@H](CCC(=O)O)C(=O)N[C@@H](CCC(=O)O)C(=O)N[C@@H](CCC(=O)O)C(=O)N[C@@H](C)C(=O)N[C@H](C)C(C)C. The number of carbonyl (C=O) groups is 15. The van der Waals surface area contributed by atoms with Gasteiger partial charge in [0.1, 0.15) is 54.4 Å². The zero-order chi connectivity index (χ0) is 68.8. The minimum atomic E-state index is -1.83. The van der Waals surface area contributed by atoms with Gasteiger partial charge in [0.2, 0.25) is 65.0 Å². The Kier molecular flexibility index (Phi) is 38.6. The lowest BCUT2D eigenvalue weighted by molar-refractivity contribution is -0.140. The number of carbonyl (C=O) groups excluding carboxylic acids is 11. The summed E-state index contributed by atoms with van der Waals surface area (Å²) >= 11 is 0. The number of primary amides is 1. The summed E-state index contributed by atoms with van der Waals surface area (Å²) in [5.74, 6) is -15.8. The smallest absolute Gasteiger partial charge is 0.303 e. The molecule has 0 radical (unpaired) electrons. The van der Waals surface area contributed by atoms with Crippen LogP contribution in [0.15, 0.2) is 30.3 Å². The number of rotatable bonds is 48. The van der Waals surface area contributed by atoms with E-state index in [1.165, 1.54) is 6.92 Å². The first-order valence-electron chi connectivity index (χ1n) is 30.8. The fourth-order valence-electron chi connectivity index (χ4n) is 8.79. The molecule has 0 aliphatic rings. The molecule has 1 aromatic carbocycles. The lowest BCUT2D eigenvalue weighted by Crippen LogP contribution is -2.60. The second-order valence-electron chi connectivity index (χ2n) is 22.6. The highest BCUT2D eigenvalue weighted by atomic mass is 16.4. The molecule has 11 amide bonds. The van der Waals surface area contributed by atoms with Crippen LogP contribution in [0, 0.1) is 5.92 Å². The number of nitrogens with one attached hydrogen (secondary N) is 10. The van der Waals surface area contributed by atoms with Crippen LogP contribution in [0.2, 0.25) is 0 Å². The van der Waals surface area contributed by atoms with Gasteiger partial charge in [-0.1, -0.05) is 83.7 Å². The maximum Gasteiger partial charge on any atom is 0.303 e. The van der Waals surface area contributed by atoms with E-state index < -0.39 is 207 Å². The molecule has 0 unspecified atom stereocenters. The first-order chi connectivity index (χ1) is 42.9. The van der Waals surface area contributed by atoms with Crippen LogP contribution in [0.4, 0.5) is 0 Å². The molecule has 0 aromatic heterocycles. The standard InChI is InChI=1S/C60H96N12O19/c1-7-9-18-38(65-47(74)28-32-51(81)82)54(85)68-41(22-21-37-16-12-11-13-17-37)57(88)67-40(20-14-15-33-61)56(87)69-42(23-27-46(62)73)58(89)66-39(19-10-8-2)55(86)71-44(25-30-49(77)78)60(91)72-45(26-31-50(79)80)59(90)70-43(24-29-48(75)76)53(84)64-36(6)52(83)63-35(5)34(3)4/h11-13,16-17,34-36,38-45H,7-10,14-15,18-33,61H2,1-6H3,(H2,62,73)(H,63,83)(H,64,84)(H,65,74)(H,66,89)(H,67,88)(H,68,85)(H,69,87)(H,70,90)(H,71,86)(H,72,91)(H,75,76)(H,77,78)(H,79,80)(H,81,82)/t35-,36+,38+,39+,40+,41-,42+,43+,44+,45+/m1/s1. The second kappa shape index (κ2) is 43.8. The van der Waals surface area contributed by atoms with Crippen LogP contribution in [0.25, 0.3) is 0 Å². The third-order valence-electron chi connectivity index (χ3n) is 14.6. The Balaban J connectivity index is 3.68. The maximum atomic E-state index is 14.4. The van der Waals surface area contributed by atoms with Gasteiger partial charge in [0.05, 0.1) is 6.42 Å². The number of hydrogen-bond acceptors (Lipinski definition) is 16. The van der Waals surface area contributed by atoms with Gasteiger partial charge in [0.15, 0.2) is 0 Å². The molecule has 0 fully saturated rings. The molecule has 1 aromatic rings. The third-order valence-corrected chi connectivity index (χ3v) is 14.6. The van der Waals surface area contributed by atoms with E-state index in [1.54, 1.807) is 44.2 Å². The molecule has 0 saturated carbocycles. The van der Waals surface area contributed by atoms with E-state index in [4.69, 9.17) is 16.6 Å². The molecule has 10 atom stereocenters. The van der Waals surface area contributed by atoms with Gasteiger partial charge in [-0.15, -0.1) is 0 Å². The summed E-state index contributed by atoms with van der Waals surface area (Å²) in [7, 11) is 0. The minimum absolute atomic E-state index is 0.0131. The van der Waals surface area contributed by atoms with Gasteiger partial charge in [-0.05, 0) is 103 Å². The van der Waals surface area contributed by atoms with Crippen molar-refractivity contribution in [1.29, 1.82) is 0 Å². The number of hydrogen-bond donors (Lipinski definition) is 16. The number of aliphatic carboxylic acids is 4. The van der Waals surface area contributed by atoms with E-state index in [1.807, 2.05) is 20.8 Å². The number of amides is 11. The average molecular weight is 1290 g/mol. The first kappa shape index (κ1) is 80.2. The highest BCUT2D eigenvalue weighted by Gasteiger charge is 2.36. The molecule has 0 bridgehead atoms. The summed E-state index contributed by atoms with van der Waals surface area (Å²) in [5, 5.41) is 62.8. The third kappa shape index (κ3) is 34.1. The topological polar surface area (TPSA) is 509 Å². The number of nitrogens with two attached hydrogens (primary N) is 2. The highest BCUT2D eigenvalue weighted by molar-refractivity contribution is 5.99. The van der Waals surface area contributed by atoms with Gasteiger partial charge in [0, 0.05) is 38.1 Å². The van der Waals surface area contributed by atoms with Crippen LogP contribution >= 0.6 is 0 Å². The maximum absolute atomic E-state index is 14.4. The molecule has 1 rings (SSSR count). The van der Waals surface area contributed by atoms with E-state index >= 15 is 0 Å². The van der Waals surface area contributed by atoms with E-state index in [-0.39, 0.29) is 63.5 Å². The van der Waals surface area contributed by atoms with Crippen molar-refractivity contribution in [1.82, 2.24) is 53.2 Å². The molecule has 31 heteroatoms. The van der Waals surface area contributed by atoms with Crippen LogP contribution in [0.5, 0.6) is 0 Å². The zero-order valence-electron chi connectivity index (χ0n) is 52.9. The van der Waals surface area contributed by atoms with Gasteiger partial charge in [-0.3, -0.25) is 71.9 Å². The molecule has 0 aliphatic carbocycles. The fourth-order valence-corrected chi connectivity index (χ4v) is 8.79. The molecule has 0 aliphatic heterocycles. The number of benzene rings is 1. The van der Waals surface area contributed by atoms with E-state index in [0.717, 1.165) is 5.56 Å². The van der Waals surface area contributed by atoms with Gasteiger partial charge in [-0.25, -0.2) is 0 Å². The molecule has 31 nitrogen and oxygen atoms in total. The molecule has 0 saturated heterocycles. The molecular formula is C60H96N12O19. The van der Waals surface area contributed by atoms with Crippen LogP contribution in [-0.2, 0) is 78.3 Å². The summed E-state index contributed by atoms with van der Waals surface area (Å²) in [6.45, 7) is 10.5. The van der Waals surface area contributed by atoms with E-state index in [2.05, 4.69) is 53.2 Å². The highest BCUT2D eigenvalue weighted by Crippen LogP contribution is 2.13. The molecular weight excluding hydrogens is 1190 g/mol. The van der Waals surface area contributed by atoms with Gasteiger partial charge in [0.25, 0.3) is 0 Å². The van der Waals surface area contributed by atoms with Crippen LogP contribution in [0.1, 0.15) is 176 Å². The van der Waals surface area contributed by atoms with E-state index in [0.29, 0.717) is 25.7 Å². The van der Waals surface area contributed by atoms with E-state index in [9.17, 15) is 87.2 Å². The van der Waals surface area contributed by atoms with Crippen molar-refractivity contribution in [2.24, 2.45) is 17.4 Å². The summed E-state index contributed by atoms with van der Waals surface area (Å²) in [6, 6.07) is -5.07. The normalized spacial score (nSPS) is 14.3. The van der Waals surface area contributed by atoms with Crippen molar-refractivity contribution in [2.75, 3.05) is 6.54 Å². The van der Waals surface area contributed by atoms with Crippen molar-refractivity contribution in [3.05, 3.63) is 35.9 Å². The summed E-state index contributed by atoms with van der Waals surface area (Å²) in [4.78, 5) is 197. The van der Waals surface area contributed by atoms with Gasteiger partial charge < -0.3 is 85.1 Å². The molecule has 91 heavy (non-hydrogen) atoms. The van der Waals surface area contributed by atoms with Crippen molar-refractivity contribution < 1.29 is 92.3 Å². The molecule has 0 heterocycles. The van der Waals surface area contributed by atoms with Gasteiger partial charge in [-0.2, -0.15) is 0 Å². The Hall–Kier alpha value is -8.77. The first-order valence-corrected chi connectivity index (χ1v) is 30.8. The monoisotopic (exact) mass is 1290 g/mol. The number of carboxylic acid groups (broad SMARTS) is 4. The Bertz CT molecular complexity index is 2610. The van der Waals surface area contributed by atoms with Crippen LogP contribution in [0.3, 0.4) is 0 Å². The predicted octanol–water partition coefficient (Wildman–Crippen LogP) is -0.603. The van der Waals surface area contributed by atoms with Crippen molar-refractivity contribution in [2.45, 2.75) is 237 Å². The zero-order valence-corrected chi connectivity index (χ0v) is 52.9. The second-order valence-corrected chi connectivity index (χ2v) is 22.6. The lowest BCUT2D eigenvalue weighted by Gasteiger charge is -2.28. The fraction of sp³-hybridized carbons (Fsp3) is 0.650. The molecule has 18 N–H and O–H groups in total. The van der Waals surface area contributed by atoms with Crippen molar-refractivity contribution in [3.63, 3.8) is 0 Å².